The average molecular weight is 357 g/mol. The molecule has 0 heterocycles. The number of carboxylic acids is 1. The number of aliphatic carboxylic acids is 1. The maximum Gasteiger partial charge on any atom is 0.337 e. The third-order valence-corrected chi connectivity index (χ3v) is 2.85. The second-order valence-electron chi connectivity index (χ2n) is 2.41. The summed E-state index contributed by atoms with van der Waals surface area (Å²) in [5, 5.41) is 17.8. The predicted octanol–water partition coefficient (Wildman–Crippen LogP) is 2.17. The molecule has 1 atom stereocenters. The summed E-state index contributed by atoms with van der Waals surface area (Å²) < 4.78 is 1.58. The monoisotopic (exact) mass is 356 g/mol. The summed E-state index contributed by atoms with van der Waals surface area (Å²) >= 11 is 5.29. The lowest BCUT2D eigenvalue weighted by Crippen LogP contribution is -2.10. The van der Waals surface area contributed by atoms with Gasteiger partial charge in [0.1, 0.15) is 0 Å². The predicted molar refractivity (Wildman–Crippen MR) is 59.5 cm³/mol. The fourth-order valence-electron chi connectivity index (χ4n) is 0.856. The minimum atomic E-state index is -1.47. The van der Waals surface area contributed by atoms with Crippen molar-refractivity contribution in [3.05, 3.63) is 31.8 Å². The number of halogens is 2. The molecule has 0 aliphatic carbocycles. The van der Waals surface area contributed by atoms with Gasteiger partial charge in [-0.1, -0.05) is 22.0 Å². The Labute approximate surface area is 97.0 Å². The highest BCUT2D eigenvalue weighted by atomic mass is 127. The van der Waals surface area contributed by atoms with Crippen molar-refractivity contribution in [2.45, 2.75) is 6.10 Å². The van der Waals surface area contributed by atoms with Gasteiger partial charge >= 0.3 is 5.97 Å². The van der Waals surface area contributed by atoms with Gasteiger partial charge in [-0.15, -0.1) is 0 Å². The van der Waals surface area contributed by atoms with Gasteiger partial charge in [-0.05, 0) is 34.7 Å². The lowest BCUT2D eigenvalue weighted by Gasteiger charge is -2.07. The molecule has 1 aromatic carbocycles. The van der Waals surface area contributed by atoms with Crippen molar-refractivity contribution in [1.29, 1.82) is 0 Å². The van der Waals surface area contributed by atoms with E-state index in [0.717, 1.165) is 3.57 Å². The second kappa shape index (κ2) is 4.39. The van der Waals surface area contributed by atoms with Crippen LogP contribution in [0.4, 0.5) is 0 Å². The molecule has 0 amide bonds. The van der Waals surface area contributed by atoms with Crippen LogP contribution >= 0.6 is 38.5 Å². The number of rotatable bonds is 2. The van der Waals surface area contributed by atoms with Crippen molar-refractivity contribution in [2.24, 2.45) is 0 Å². The number of hydrogen-bond donors (Lipinski definition) is 2. The van der Waals surface area contributed by atoms with Gasteiger partial charge in [0.25, 0.3) is 0 Å². The molecule has 5 heteroatoms. The van der Waals surface area contributed by atoms with Crippen LogP contribution in [0.2, 0.25) is 0 Å². The molecule has 1 aromatic rings. The Hall–Kier alpha value is -0.140. The van der Waals surface area contributed by atoms with E-state index in [4.69, 9.17) is 5.11 Å². The standard InChI is InChI=1S/C8H6BrIO3/c9-6-3-4(10)1-2-5(6)7(11)8(12)13/h1-3,7,11H,(H,12,13)/t7-/m1/s1. The van der Waals surface area contributed by atoms with Crippen LogP contribution in [0.3, 0.4) is 0 Å². The van der Waals surface area contributed by atoms with Crippen LogP contribution in [-0.2, 0) is 4.79 Å². The lowest BCUT2D eigenvalue weighted by atomic mass is 10.1. The molecule has 0 fully saturated rings. The molecule has 0 aromatic heterocycles. The van der Waals surface area contributed by atoms with Gasteiger partial charge in [-0.3, -0.25) is 0 Å². The quantitative estimate of drug-likeness (QED) is 0.798. The minimum absolute atomic E-state index is 0.368. The normalized spacial score (nSPS) is 12.5. The second-order valence-corrected chi connectivity index (χ2v) is 4.51. The number of aliphatic hydroxyl groups excluding tert-OH is 1. The van der Waals surface area contributed by atoms with E-state index in [1.807, 2.05) is 0 Å². The van der Waals surface area contributed by atoms with Crippen molar-refractivity contribution in [3.8, 4) is 0 Å². The largest absolute Gasteiger partial charge is 0.479 e. The molecule has 2 N–H and O–H groups in total. The van der Waals surface area contributed by atoms with E-state index >= 15 is 0 Å². The van der Waals surface area contributed by atoms with Gasteiger partial charge in [0.05, 0.1) is 0 Å². The highest BCUT2D eigenvalue weighted by Gasteiger charge is 2.18. The van der Waals surface area contributed by atoms with Gasteiger partial charge in [-0.25, -0.2) is 4.79 Å². The third-order valence-electron chi connectivity index (χ3n) is 1.49. The number of hydrogen-bond acceptors (Lipinski definition) is 2. The molecular weight excluding hydrogens is 351 g/mol. The first-order chi connectivity index (χ1) is 6.02. The Kier molecular flexibility index (Phi) is 3.69. The maximum absolute atomic E-state index is 10.5. The van der Waals surface area contributed by atoms with Gasteiger partial charge in [0.15, 0.2) is 6.10 Å². The molecule has 3 nitrogen and oxygen atoms in total. The van der Waals surface area contributed by atoms with Gasteiger partial charge < -0.3 is 10.2 Å². The molecule has 0 radical (unpaired) electrons. The zero-order valence-corrected chi connectivity index (χ0v) is 10.1. The Balaban J connectivity index is 3.08. The number of aliphatic hydroxyl groups is 1. The summed E-state index contributed by atoms with van der Waals surface area (Å²) in [6.45, 7) is 0. The zero-order valence-electron chi connectivity index (χ0n) is 6.37. The molecule has 0 spiro atoms. The van der Waals surface area contributed by atoms with Crippen LogP contribution in [-0.4, -0.2) is 16.2 Å². The van der Waals surface area contributed by atoms with Gasteiger partial charge in [0, 0.05) is 13.6 Å². The van der Waals surface area contributed by atoms with E-state index in [9.17, 15) is 9.90 Å². The number of carbonyl (C=O) groups is 1. The van der Waals surface area contributed by atoms with Crippen molar-refractivity contribution in [1.82, 2.24) is 0 Å². The van der Waals surface area contributed by atoms with E-state index in [2.05, 4.69) is 38.5 Å². The molecule has 0 aliphatic rings. The van der Waals surface area contributed by atoms with Crippen LogP contribution < -0.4 is 0 Å². The highest BCUT2D eigenvalue weighted by molar-refractivity contribution is 14.1. The summed E-state index contributed by atoms with van der Waals surface area (Å²) in [6.07, 6.45) is -1.47. The molecule has 0 aliphatic heterocycles. The summed E-state index contributed by atoms with van der Waals surface area (Å²) in [5.74, 6) is -1.25. The smallest absolute Gasteiger partial charge is 0.337 e. The molecule has 70 valence electrons. The van der Waals surface area contributed by atoms with Crippen LogP contribution in [0.15, 0.2) is 22.7 Å². The fourth-order valence-corrected chi connectivity index (χ4v) is 2.37. The minimum Gasteiger partial charge on any atom is -0.479 e. The molecule has 0 bridgehead atoms. The summed E-state index contributed by atoms with van der Waals surface area (Å²) in [7, 11) is 0. The van der Waals surface area contributed by atoms with E-state index < -0.39 is 12.1 Å². The lowest BCUT2D eigenvalue weighted by molar-refractivity contribution is -0.147. The molecular formula is C8H6BrIO3. The van der Waals surface area contributed by atoms with Crippen LogP contribution in [0.1, 0.15) is 11.7 Å². The van der Waals surface area contributed by atoms with Crippen molar-refractivity contribution >= 4 is 44.5 Å². The van der Waals surface area contributed by atoms with Gasteiger partial charge in [-0.2, -0.15) is 0 Å². The molecule has 1 rings (SSSR count). The first-order valence-electron chi connectivity index (χ1n) is 3.38. The Morgan fingerprint density at radius 1 is 1.54 bits per heavy atom. The summed E-state index contributed by atoms with van der Waals surface area (Å²) in [5.41, 5.74) is 0.368. The van der Waals surface area contributed by atoms with Crippen LogP contribution in [0.25, 0.3) is 0 Å². The van der Waals surface area contributed by atoms with E-state index in [0.29, 0.717) is 10.0 Å². The first kappa shape index (κ1) is 10.9. The van der Waals surface area contributed by atoms with E-state index in [-0.39, 0.29) is 0 Å². The third kappa shape index (κ3) is 2.65. The SMILES string of the molecule is O=C(O)[C@H](O)c1ccc(I)cc1Br. The molecule has 0 saturated carbocycles. The van der Waals surface area contributed by atoms with Crippen LogP contribution in [0, 0.1) is 3.57 Å². The molecule has 13 heavy (non-hydrogen) atoms. The van der Waals surface area contributed by atoms with E-state index in [1.165, 1.54) is 0 Å². The van der Waals surface area contributed by atoms with Crippen molar-refractivity contribution in [2.75, 3.05) is 0 Å². The molecule has 0 unspecified atom stereocenters. The first-order valence-corrected chi connectivity index (χ1v) is 5.25. The Bertz CT molecular complexity index is 340. The zero-order chi connectivity index (χ0) is 10.0. The number of carboxylic acid groups (broad SMARTS) is 1. The van der Waals surface area contributed by atoms with Crippen molar-refractivity contribution in [3.63, 3.8) is 0 Å². The van der Waals surface area contributed by atoms with Crippen molar-refractivity contribution < 1.29 is 15.0 Å². The number of benzene rings is 1. The molecule has 0 saturated heterocycles. The Morgan fingerprint density at radius 3 is 2.62 bits per heavy atom. The van der Waals surface area contributed by atoms with Crippen LogP contribution in [0.5, 0.6) is 0 Å². The summed E-state index contributed by atoms with van der Waals surface area (Å²) in [4.78, 5) is 10.5. The maximum atomic E-state index is 10.5. The topological polar surface area (TPSA) is 57.5 Å². The van der Waals surface area contributed by atoms with Gasteiger partial charge in [0.2, 0.25) is 0 Å². The summed E-state index contributed by atoms with van der Waals surface area (Å²) in [6, 6.07) is 5.08. The average Bonchev–Trinajstić information content (AvgIpc) is 2.03. The van der Waals surface area contributed by atoms with E-state index in [1.54, 1.807) is 18.2 Å². The Morgan fingerprint density at radius 2 is 2.15 bits per heavy atom. The highest BCUT2D eigenvalue weighted by Crippen LogP contribution is 2.25. The fraction of sp³-hybridized carbons (Fsp3) is 0.125.